The van der Waals surface area contributed by atoms with Gasteiger partial charge in [0, 0.05) is 19.6 Å². The third-order valence-corrected chi connectivity index (χ3v) is 6.36. The van der Waals surface area contributed by atoms with E-state index in [9.17, 15) is 14.4 Å². The molecule has 35 heavy (non-hydrogen) atoms. The average molecular weight is 521 g/mol. The monoisotopic (exact) mass is 520 g/mol. The Balaban J connectivity index is 2.04. The summed E-state index contributed by atoms with van der Waals surface area (Å²) in [6.45, 7) is 6.49. The Bertz CT molecular complexity index is 1460. The number of hydrogen-bond acceptors (Lipinski definition) is 7. The molecular formula is C25H28ClN3O5S. The van der Waals surface area contributed by atoms with Gasteiger partial charge in [-0.15, -0.1) is 11.3 Å². The van der Waals surface area contributed by atoms with Crippen molar-refractivity contribution in [2.45, 2.75) is 65.6 Å². The molecule has 1 aliphatic rings. The number of rotatable bonds is 0. The number of pyridine rings is 1. The van der Waals surface area contributed by atoms with E-state index in [1.165, 1.54) is 0 Å². The number of thiophene rings is 1. The number of halogens is 1. The Morgan fingerprint density at radius 1 is 1.09 bits per heavy atom. The standard InChI is InChI=1S/C25H28ClN3O5S/c1-13-12-28(22(31)33-24(2,3)4)19-18-14-8-11-17(26)27-15(14)9-10-16(18)35-20(19)21(30)29(13)23(32)34-25(5,6)7/h8-11,13H,12H2,1-7H3/i1D3. The fraction of sp³-hybridized carbons (Fsp3) is 0.440. The number of hydrogen-bond donors (Lipinski definition) is 0. The number of carbonyl (C=O) groups is 3. The Hall–Kier alpha value is -2.91. The molecule has 0 radical (unpaired) electrons. The van der Waals surface area contributed by atoms with Crippen molar-refractivity contribution in [2.75, 3.05) is 11.4 Å². The molecule has 0 spiro atoms. The molecule has 2 aromatic heterocycles. The van der Waals surface area contributed by atoms with Crippen LogP contribution >= 0.6 is 22.9 Å². The maximum atomic E-state index is 14.0. The first-order valence-corrected chi connectivity index (χ1v) is 12.2. The van der Waals surface area contributed by atoms with Crippen molar-refractivity contribution in [3.05, 3.63) is 34.3 Å². The fourth-order valence-electron chi connectivity index (χ4n) is 3.76. The number of amides is 3. The number of anilines is 1. The average Bonchev–Trinajstić information content (AvgIpc) is 3.06. The summed E-state index contributed by atoms with van der Waals surface area (Å²) in [6.07, 6.45) is -1.97. The van der Waals surface area contributed by atoms with Gasteiger partial charge in [-0.05, 0) is 72.7 Å². The van der Waals surface area contributed by atoms with Crippen LogP contribution in [0.15, 0.2) is 24.3 Å². The smallest absolute Gasteiger partial charge is 0.417 e. The normalized spacial score (nSPS) is 18.5. The SMILES string of the molecule is [2H]C([2H])([2H])C1CN(C(=O)OC(C)(C)C)c2c(sc3ccc4nc(Cl)ccc4c23)C(=O)N1C(=O)OC(C)(C)C. The zero-order valence-electron chi connectivity index (χ0n) is 23.3. The molecule has 0 aliphatic carbocycles. The number of nitrogens with zero attached hydrogens (tertiary/aromatic N) is 3. The molecule has 1 aliphatic heterocycles. The van der Waals surface area contributed by atoms with Crippen LogP contribution in [0.25, 0.3) is 21.0 Å². The van der Waals surface area contributed by atoms with Crippen LogP contribution in [-0.4, -0.2) is 51.8 Å². The van der Waals surface area contributed by atoms with Crippen molar-refractivity contribution in [1.29, 1.82) is 0 Å². The summed E-state index contributed by atoms with van der Waals surface area (Å²) in [5.74, 6) is -0.877. The van der Waals surface area contributed by atoms with Crippen LogP contribution in [0, 0.1) is 0 Å². The lowest BCUT2D eigenvalue weighted by Gasteiger charge is -2.31. The van der Waals surface area contributed by atoms with Gasteiger partial charge in [0.2, 0.25) is 0 Å². The first-order chi connectivity index (χ1) is 17.4. The van der Waals surface area contributed by atoms with Crippen LogP contribution in [0.4, 0.5) is 15.3 Å². The molecule has 0 N–H and O–H groups in total. The van der Waals surface area contributed by atoms with E-state index in [1.807, 2.05) is 0 Å². The Morgan fingerprint density at radius 3 is 2.37 bits per heavy atom. The molecule has 3 amide bonds. The first kappa shape index (κ1) is 21.4. The van der Waals surface area contributed by atoms with Crippen molar-refractivity contribution >= 4 is 67.7 Å². The largest absolute Gasteiger partial charge is 0.443 e. The van der Waals surface area contributed by atoms with E-state index in [0.717, 1.165) is 16.2 Å². The highest BCUT2D eigenvalue weighted by molar-refractivity contribution is 7.21. The summed E-state index contributed by atoms with van der Waals surface area (Å²) < 4.78 is 36.3. The van der Waals surface area contributed by atoms with Gasteiger partial charge in [0.1, 0.15) is 21.2 Å². The Morgan fingerprint density at radius 2 is 1.74 bits per heavy atom. The number of benzene rings is 1. The predicted molar refractivity (Wildman–Crippen MR) is 138 cm³/mol. The maximum absolute atomic E-state index is 14.0. The molecule has 1 aromatic carbocycles. The summed E-state index contributed by atoms with van der Waals surface area (Å²) in [5.41, 5.74) is -1.25. The summed E-state index contributed by atoms with van der Waals surface area (Å²) in [5, 5.41) is 1.36. The zero-order chi connectivity index (χ0) is 28.4. The highest BCUT2D eigenvalue weighted by Gasteiger charge is 2.42. The molecule has 0 bridgehead atoms. The van der Waals surface area contributed by atoms with Crippen LogP contribution in [0.2, 0.25) is 5.15 Å². The number of imide groups is 1. The molecule has 0 saturated carbocycles. The fourth-order valence-corrected chi connectivity index (χ4v) is 5.08. The van der Waals surface area contributed by atoms with Gasteiger partial charge < -0.3 is 9.47 Å². The van der Waals surface area contributed by atoms with E-state index >= 15 is 0 Å². The van der Waals surface area contributed by atoms with Crippen LogP contribution in [0.3, 0.4) is 0 Å². The molecule has 4 rings (SSSR count). The molecular weight excluding hydrogens is 490 g/mol. The van der Waals surface area contributed by atoms with Crippen LogP contribution in [0.5, 0.6) is 0 Å². The molecule has 1 unspecified atom stereocenters. The van der Waals surface area contributed by atoms with Crippen LogP contribution in [0.1, 0.15) is 62.2 Å². The zero-order valence-corrected chi connectivity index (χ0v) is 21.8. The number of fused-ring (bicyclic) bond motifs is 5. The van der Waals surface area contributed by atoms with Crippen molar-refractivity contribution in [3.8, 4) is 0 Å². The second-order valence-electron chi connectivity index (χ2n) is 10.2. The minimum atomic E-state index is -2.84. The van der Waals surface area contributed by atoms with Gasteiger partial charge in [0.25, 0.3) is 5.91 Å². The van der Waals surface area contributed by atoms with Gasteiger partial charge in [-0.2, -0.15) is 0 Å². The molecule has 3 heterocycles. The number of carbonyl (C=O) groups excluding carboxylic acids is 3. The topological polar surface area (TPSA) is 89.0 Å². The highest BCUT2D eigenvalue weighted by atomic mass is 35.5. The van der Waals surface area contributed by atoms with Crippen LogP contribution in [-0.2, 0) is 9.47 Å². The van der Waals surface area contributed by atoms with Gasteiger partial charge in [-0.1, -0.05) is 11.6 Å². The minimum Gasteiger partial charge on any atom is -0.443 e. The second-order valence-corrected chi connectivity index (χ2v) is 11.6. The van der Waals surface area contributed by atoms with Crippen molar-refractivity contribution in [3.63, 3.8) is 0 Å². The summed E-state index contributed by atoms with van der Waals surface area (Å²) in [7, 11) is 0. The van der Waals surface area contributed by atoms with Crippen molar-refractivity contribution in [1.82, 2.24) is 9.88 Å². The summed E-state index contributed by atoms with van der Waals surface area (Å²) >= 11 is 7.13. The number of ether oxygens (including phenoxy) is 2. The van der Waals surface area contributed by atoms with Gasteiger partial charge in [0.15, 0.2) is 0 Å². The van der Waals surface area contributed by atoms with E-state index in [-0.39, 0.29) is 15.7 Å². The number of aromatic nitrogens is 1. The van der Waals surface area contributed by atoms with E-state index in [2.05, 4.69) is 4.98 Å². The molecule has 0 saturated heterocycles. The van der Waals surface area contributed by atoms with E-state index in [0.29, 0.717) is 25.9 Å². The summed E-state index contributed by atoms with van der Waals surface area (Å²) in [4.78, 5) is 47.0. The lowest BCUT2D eigenvalue weighted by Crippen LogP contribution is -2.49. The van der Waals surface area contributed by atoms with E-state index < -0.39 is 48.7 Å². The lowest BCUT2D eigenvalue weighted by molar-refractivity contribution is 0.0182. The predicted octanol–water partition coefficient (Wildman–Crippen LogP) is 6.62. The summed E-state index contributed by atoms with van der Waals surface area (Å²) in [6, 6.07) is 5.07. The van der Waals surface area contributed by atoms with E-state index in [4.69, 9.17) is 25.2 Å². The van der Waals surface area contributed by atoms with Gasteiger partial charge in [-0.25, -0.2) is 19.5 Å². The quantitative estimate of drug-likeness (QED) is 0.309. The first-order valence-electron chi connectivity index (χ1n) is 12.5. The Kier molecular flexibility index (Phi) is 5.28. The minimum absolute atomic E-state index is 0.00548. The van der Waals surface area contributed by atoms with Crippen molar-refractivity contribution in [2.24, 2.45) is 0 Å². The molecule has 3 aromatic rings. The third kappa shape index (κ3) is 4.92. The molecule has 0 fully saturated rings. The molecule has 8 nitrogen and oxygen atoms in total. The molecule has 1 atom stereocenters. The van der Waals surface area contributed by atoms with Crippen LogP contribution < -0.4 is 4.90 Å². The van der Waals surface area contributed by atoms with Gasteiger partial charge >= 0.3 is 12.2 Å². The van der Waals surface area contributed by atoms with Crippen molar-refractivity contribution < 1.29 is 28.0 Å². The maximum Gasteiger partial charge on any atom is 0.417 e. The Labute approximate surface area is 217 Å². The third-order valence-electron chi connectivity index (χ3n) is 5.02. The molecule has 10 heteroatoms. The lowest BCUT2D eigenvalue weighted by atomic mass is 10.1. The van der Waals surface area contributed by atoms with Gasteiger partial charge in [0.05, 0.1) is 23.8 Å². The molecule has 186 valence electrons. The van der Waals surface area contributed by atoms with E-state index in [1.54, 1.807) is 65.8 Å². The highest BCUT2D eigenvalue weighted by Crippen LogP contribution is 2.45. The second kappa shape index (κ2) is 8.64. The van der Waals surface area contributed by atoms with Gasteiger partial charge in [-0.3, -0.25) is 9.69 Å².